The number of thiophene rings is 1. The molecular weight excluding hydrogens is 439 g/mol. The van der Waals surface area contributed by atoms with Gasteiger partial charge >= 0.3 is 0 Å². The summed E-state index contributed by atoms with van der Waals surface area (Å²) in [6.45, 7) is 3.41. The summed E-state index contributed by atoms with van der Waals surface area (Å²) < 4.78 is 5.39. The molecule has 0 aromatic carbocycles. The first-order valence-corrected chi connectivity index (χ1v) is 8.85. The van der Waals surface area contributed by atoms with Gasteiger partial charge in [0, 0.05) is 44.6 Å². The Labute approximate surface area is 165 Å². The van der Waals surface area contributed by atoms with Gasteiger partial charge < -0.3 is 20.3 Å². The van der Waals surface area contributed by atoms with Crippen molar-refractivity contribution in [2.24, 2.45) is 10.9 Å². The number of hydrogen-bond acceptors (Lipinski definition) is 4. The molecule has 0 spiro atoms. The average molecular weight is 466 g/mol. The van der Waals surface area contributed by atoms with Gasteiger partial charge in [-0.05, 0) is 24.3 Å². The van der Waals surface area contributed by atoms with Gasteiger partial charge in [0.1, 0.15) is 6.54 Å². The minimum atomic E-state index is -0.00597. The molecule has 8 heteroatoms. The lowest BCUT2D eigenvalue weighted by Gasteiger charge is -2.15. The lowest BCUT2D eigenvalue weighted by Crippen LogP contribution is -2.41. The van der Waals surface area contributed by atoms with E-state index in [2.05, 4.69) is 33.1 Å². The van der Waals surface area contributed by atoms with Gasteiger partial charge in [0.15, 0.2) is 5.96 Å². The van der Waals surface area contributed by atoms with Crippen molar-refractivity contribution in [3.63, 3.8) is 0 Å². The van der Waals surface area contributed by atoms with Crippen molar-refractivity contribution in [1.29, 1.82) is 0 Å². The molecule has 1 aliphatic heterocycles. The number of nitrogens with one attached hydrogen (secondary N) is 2. The van der Waals surface area contributed by atoms with Crippen LogP contribution in [0, 0.1) is 5.92 Å². The lowest BCUT2D eigenvalue weighted by atomic mass is 10.1. The first-order chi connectivity index (χ1) is 11.1. The third-order valence-electron chi connectivity index (χ3n) is 3.70. The van der Waals surface area contributed by atoms with Crippen LogP contribution in [0.25, 0.3) is 0 Å². The minimum Gasteiger partial charge on any atom is -0.381 e. The standard InChI is InChI=1S/C16H26N4O2S.HI/c1-20(2)15(21)11-19-16(18-10-13-6-8-22-12-13)17-7-5-14-4-3-9-23-14;/h3-4,9,13H,5-8,10-12H2,1-2H3,(H2,17,18,19);1H. The number of nitrogens with zero attached hydrogens (tertiary/aromatic N) is 2. The van der Waals surface area contributed by atoms with E-state index in [0.717, 1.165) is 39.1 Å². The van der Waals surface area contributed by atoms with Gasteiger partial charge in [0.25, 0.3) is 0 Å². The number of hydrogen-bond donors (Lipinski definition) is 2. The highest BCUT2D eigenvalue weighted by atomic mass is 127. The molecule has 0 saturated carbocycles. The van der Waals surface area contributed by atoms with Crippen LogP contribution in [-0.4, -0.2) is 63.7 Å². The fourth-order valence-electron chi connectivity index (χ4n) is 2.21. The Morgan fingerprint density at radius 2 is 2.29 bits per heavy atom. The molecule has 1 aromatic rings. The highest BCUT2D eigenvalue weighted by molar-refractivity contribution is 14.0. The van der Waals surface area contributed by atoms with Gasteiger partial charge in [0.05, 0.1) is 6.61 Å². The summed E-state index contributed by atoms with van der Waals surface area (Å²) in [5.41, 5.74) is 0. The Morgan fingerprint density at radius 3 is 2.92 bits per heavy atom. The highest BCUT2D eigenvalue weighted by Crippen LogP contribution is 2.10. The minimum absolute atomic E-state index is 0. The van der Waals surface area contributed by atoms with Crippen LogP contribution in [0.5, 0.6) is 0 Å². The number of amides is 1. The number of rotatable bonds is 7. The molecule has 0 radical (unpaired) electrons. The summed E-state index contributed by atoms with van der Waals surface area (Å²) >= 11 is 1.75. The second-order valence-electron chi connectivity index (χ2n) is 5.82. The maximum atomic E-state index is 11.7. The predicted molar refractivity (Wildman–Crippen MR) is 109 cm³/mol. The summed E-state index contributed by atoms with van der Waals surface area (Å²) in [6.07, 6.45) is 2.03. The van der Waals surface area contributed by atoms with Gasteiger partial charge in [0.2, 0.25) is 5.91 Å². The van der Waals surface area contributed by atoms with Crippen molar-refractivity contribution < 1.29 is 9.53 Å². The third-order valence-corrected chi connectivity index (χ3v) is 4.63. The maximum absolute atomic E-state index is 11.7. The van der Waals surface area contributed by atoms with Gasteiger partial charge in [-0.3, -0.25) is 4.79 Å². The summed E-state index contributed by atoms with van der Waals surface area (Å²) in [5.74, 6) is 1.21. The number of aliphatic imine (C=N–C) groups is 1. The molecule has 136 valence electrons. The van der Waals surface area contributed by atoms with E-state index >= 15 is 0 Å². The van der Waals surface area contributed by atoms with Crippen molar-refractivity contribution in [1.82, 2.24) is 15.5 Å². The Bertz CT molecular complexity index is 502. The second-order valence-corrected chi connectivity index (χ2v) is 6.85. The molecule has 1 fully saturated rings. The van der Waals surface area contributed by atoms with Crippen LogP contribution in [0.2, 0.25) is 0 Å². The van der Waals surface area contributed by atoms with Crippen molar-refractivity contribution >= 4 is 47.2 Å². The zero-order valence-electron chi connectivity index (χ0n) is 14.3. The Hall–Kier alpha value is -0.870. The SMILES string of the molecule is CN(C)C(=O)CN=C(NCCc1cccs1)NCC1CCOC1.I. The molecule has 24 heavy (non-hydrogen) atoms. The summed E-state index contributed by atoms with van der Waals surface area (Å²) in [5, 5.41) is 8.72. The fourth-order valence-corrected chi connectivity index (χ4v) is 2.92. The predicted octanol–water partition coefficient (Wildman–Crippen LogP) is 1.57. The Balaban J connectivity index is 0.00000288. The van der Waals surface area contributed by atoms with E-state index in [4.69, 9.17) is 4.74 Å². The van der Waals surface area contributed by atoms with E-state index in [1.54, 1.807) is 30.3 Å². The van der Waals surface area contributed by atoms with Crippen LogP contribution in [0.3, 0.4) is 0 Å². The van der Waals surface area contributed by atoms with Crippen LogP contribution >= 0.6 is 35.3 Å². The van der Waals surface area contributed by atoms with E-state index in [1.807, 2.05) is 0 Å². The molecule has 0 aliphatic carbocycles. The molecule has 1 aliphatic rings. The molecule has 2 rings (SSSR count). The molecule has 0 bridgehead atoms. The van der Waals surface area contributed by atoms with Gasteiger partial charge in [-0.15, -0.1) is 35.3 Å². The number of ether oxygens (including phenoxy) is 1. The molecule has 1 amide bonds. The van der Waals surface area contributed by atoms with Crippen molar-refractivity contribution in [2.75, 3.05) is 46.9 Å². The number of likely N-dealkylation sites (N-methyl/N-ethyl adjacent to an activating group) is 1. The van der Waals surface area contributed by atoms with Gasteiger partial charge in [-0.2, -0.15) is 0 Å². The molecule has 1 aromatic heterocycles. The van der Waals surface area contributed by atoms with Crippen LogP contribution in [0.4, 0.5) is 0 Å². The number of halogens is 1. The van der Waals surface area contributed by atoms with Crippen molar-refractivity contribution in [2.45, 2.75) is 12.8 Å². The second kappa shape index (κ2) is 11.6. The molecule has 1 unspecified atom stereocenters. The topological polar surface area (TPSA) is 66.0 Å². The lowest BCUT2D eigenvalue weighted by molar-refractivity contribution is -0.127. The van der Waals surface area contributed by atoms with Crippen LogP contribution in [0.15, 0.2) is 22.5 Å². The van der Waals surface area contributed by atoms with Crippen LogP contribution < -0.4 is 10.6 Å². The summed E-state index contributed by atoms with van der Waals surface area (Å²) in [6, 6.07) is 4.19. The zero-order valence-corrected chi connectivity index (χ0v) is 17.4. The number of carbonyl (C=O) groups is 1. The normalized spacial score (nSPS) is 17.2. The number of guanidine groups is 1. The molecule has 2 N–H and O–H groups in total. The summed E-state index contributed by atoms with van der Waals surface area (Å²) in [7, 11) is 3.48. The van der Waals surface area contributed by atoms with Crippen LogP contribution in [-0.2, 0) is 16.0 Å². The molecule has 1 saturated heterocycles. The van der Waals surface area contributed by atoms with Crippen molar-refractivity contribution in [3.05, 3.63) is 22.4 Å². The number of carbonyl (C=O) groups excluding carboxylic acids is 1. The maximum Gasteiger partial charge on any atom is 0.243 e. The smallest absolute Gasteiger partial charge is 0.243 e. The fraction of sp³-hybridized carbons (Fsp3) is 0.625. The van der Waals surface area contributed by atoms with E-state index in [-0.39, 0.29) is 36.4 Å². The zero-order chi connectivity index (χ0) is 16.5. The summed E-state index contributed by atoms with van der Waals surface area (Å²) in [4.78, 5) is 19.0. The van der Waals surface area contributed by atoms with E-state index < -0.39 is 0 Å². The molecule has 1 atom stereocenters. The average Bonchev–Trinajstić information content (AvgIpc) is 3.22. The Morgan fingerprint density at radius 1 is 1.46 bits per heavy atom. The first kappa shape index (κ1) is 21.2. The molecular formula is C16H27IN4O2S. The van der Waals surface area contributed by atoms with Gasteiger partial charge in [-0.1, -0.05) is 6.07 Å². The van der Waals surface area contributed by atoms with Crippen molar-refractivity contribution in [3.8, 4) is 0 Å². The monoisotopic (exact) mass is 466 g/mol. The molecule has 6 nitrogen and oxygen atoms in total. The van der Waals surface area contributed by atoms with Crippen LogP contribution in [0.1, 0.15) is 11.3 Å². The first-order valence-electron chi connectivity index (χ1n) is 7.97. The van der Waals surface area contributed by atoms with E-state index in [0.29, 0.717) is 11.9 Å². The van der Waals surface area contributed by atoms with E-state index in [9.17, 15) is 4.79 Å². The largest absolute Gasteiger partial charge is 0.381 e. The Kier molecular flexibility index (Phi) is 10.3. The quantitative estimate of drug-likeness (QED) is 0.364. The third kappa shape index (κ3) is 7.80. The molecule has 2 heterocycles. The van der Waals surface area contributed by atoms with E-state index in [1.165, 1.54) is 4.88 Å². The highest BCUT2D eigenvalue weighted by Gasteiger charge is 2.16. The van der Waals surface area contributed by atoms with Gasteiger partial charge in [-0.25, -0.2) is 4.99 Å².